The van der Waals surface area contributed by atoms with Gasteiger partial charge in [-0.25, -0.2) is 8.42 Å². The zero-order chi connectivity index (χ0) is 21.0. The quantitative estimate of drug-likeness (QED) is 0.696. The molecular weight excluding hydrogens is 386 g/mol. The van der Waals surface area contributed by atoms with Crippen LogP contribution in [-0.2, 0) is 10.0 Å². The first-order valence-corrected chi connectivity index (χ1v) is 10.2. The summed E-state index contributed by atoms with van der Waals surface area (Å²) in [6.45, 7) is 1.89. The number of benzene rings is 3. The highest BCUT2D eigenvalue weighted by molar-refractivity contribution is 7.92. The molecule has 0 saturated heterocycles. The molecule has 6 nitrogen and oxygen atoms in total. The average molecular weight is 405 g/mol. The molecule has 1 amide bonds. The number of nitrogens with zero attached hydrogens (tertiary/aromatic N) is 2. The summed E-state index contributed by atoms with van der Waals surface area (Å²) in [5.74, 6) is -0.328. The summed E-state index contributed by atoms with van der Waals surface area (Å²) in [6, 6.07) is 21.5. The van der Waals surface area contributed by atoms with Gasteiger partial charge in [-0.2, -0.15) is 5.26 Å². The molecule has 0 aromatic heterocycles. The highest BCUT2D eigenvalue weighted by atomic mass is 32.2. The summed E-state index contributed by atoms with van der Waals surface area (Å²) in [6.07, 6.45) is 0. The maximum Gasteiger partial charge on any atom is 0.264 e. The van der Waals surface area contributed by atoms with Crippen LogP contribution < -0.4 is 9.62 Å². The van der Waals surface area contributed by atoms with E-state index in [-0.39, 0.29) is 10.8 Å². The first-order valence-electron chi connectivity index (χ1n) is 8.78. The van der Waals surface area contributed by atoms with Crippen LogP contribution in [0.3, 0.4) is 0 Å². The molecule has 3 aromatic carbocycles. The van der Waals surface area contributed by atoms with Crippen LogP contribution in [0.25, 0.3) is 0 Å². The number of carbonyl (C=O) groups is 1. The molecule has 3 rings (SSSR count). The van der Waals surface area contributed by atoms with Crippen molar-refractivity contribution in [1.82, 2.24) is 0 Å². The lowest BCUT2D eigenvalue weighted by Gasteiger charge is -2.20. The van der Waals surface area contributed by atoms with Gasteiger partial charge in [0.15, 0.2) is 0 Å². The number of carbonyl (C=O) groups excluding carboxylic acids is 1. The smallest absolute Gasteiger partial charge is 0.264 e. The van der Waals surface area contributed by atoms with Gasteiger partial charge in [0.05, 0.1) is 22.2 Å². The van der Waals surface area contributed by atoms with Crippen LogP contribution in [0.1, 0.15) is 21.5 Å². The van der Waals surface area contributed by atoms with Crippen molar-refractivity contribution < 1.29 is 13.2 Å². The maximum atomic E-state index is 12.8. The minimum Gasteiger partial charge on any atom is -0.322 e. The Morgan fingerprint density at radius 1 is 0.931 bits per heavy atom. The molecule has 146 valence electrons. The van der Waals surface area contributed by atoms with E-state index in [9.17, 15) is 13.2 Å². The Balaban J connectivity index is 1.75. The number of rotatable bonds is 5. The Labute approximate surface area is 170 Å². The molecule has 0 aliphatic rings. The van der Waals surface area contributed by atoms with E-state index in [1.165, 1.54) is 11.4 Å². The van der Waals surface area contributed by atoms with Crippen LogP contribution >= 0.6 is 0 Å². The van der Waals surface area contributed by atoms with Crippen molar-refractivity contribution >= 4 is 27.3 Å². The SMILES string of the molecule is Cc1ccc(S(=O)(=O)N(C)c2ccc(C(=O)Nc3ccc(C#N)cc3)cc2)cc1. The Kier molecular flexibility index (Phi) is 5.66. The van der Waals surface area contributed by atoms with Crippen molar-refractivity contribution in [3.8, 4) is 6.07 Å². The first-order chi connectivity index (χ1) is 13.8. The van der Waals surface area contributed by atoms with E-state index in [0.717, 1.165) is 5.56 Å². The zero-order valence-electron chi connectivity index (χ0n) is 16.0. The van der Waals surface area contributed by atoms with E-state index in [0.29, 0.717) is 22.5 Å². The van der Waals surface area contributed by atoms with Gasteiger partial charge in [0, 0.05) is 18.3 Å². The lowest BCUT2D eigenvalue weighted by Crippen LogP contribution is -2.26. The minimum absolute atomic E-state index is 0.202. The molecule has 0 aliphatic carbocycles. The molecular formula is C22H19N3O3S. The Morgan fingerprint density at radius 3 is 2.07 bits per heavy atom. The second-order valence-electron chi connectivity index (χ2n) is 6.48. The standard InChI is InChI=1S/C22H19N3O3S/c1-16-3-13-21(14-4-16)29(27,28)25(2)20-11-7-18(8-12-20)22(26)24-19-9-5-17(15-23)6-10-19/h3-14H,1-2H3,(H,24,26). The highest BCUT2D eigenvalue weighted by Crippen LogP contribution is 2.23. The molecule has 0 radical (unpaired) electrons. The third-order valence-electron chi connectivity index (χ3n) is 4.44. The summed E-state index contributed by atoms with van der Waals surface area (Å²) >= 11 is 0. The topological polar surface area (TPSA) is 90.3 Å². The van der Waals surface area contributed by atoms with Crippen molar-refractivity contribution in [3.05, 3.63) is 89.5 Å². The summed E-state index contributed by atoms with van der Waals surface area (Å²) in [4.78, 5) is 12.6. The van der Waals surface area contributed by atoms with E-state index in [1.807, 2.05) is 13.0 Å². The summed E-state index contributed by atoms with van der Waals surface area (Å²) in [5.41, 5.74) is 2.88. The fourth-order valence-electron chi connectivity index (χ4n) is 2.66. The number of hydrogen-bond donors (Lipinski definition) is 1. The summed E-state index contributed by atoms with van der Waals surface area (Å²) in [5, 5.41) is 11.6. The third kappa shape index (κ3) is 4.45. The van der Waals surface area contributed by atoms with Crippen LogP contribution in [-0.4, -0.2) is 21.4 Å². The molecule has 3 aromatic rings. The van der Waals surface area contributed by atoms with E-state index in [2.05, 4.69) is 5.32 Å². The zero-order valence-corrected chi connectivity index (χ0v) is 16.8. The van der Waals surface area contributed by atoms with Gasteiger partial charge in [0.25, 0.3) is 15.9 Å². The molecule has 0 heterocycles. The Morgan fingerprint density at radius 2 is 1.52 bits per heavy atom. The van der Waals surface area contributed by atoms with Crippen LogP contribution in [0.2, 0.25) is 0 Å². The maximum absolute atomic E-state index is 12.8. The third-order valence-corrected chi connectivity index (χ3v) is 6.24. The van der Waals surface area contributed by atoms with E-state index < -0.39 is 10.0 Å². The van der Waals surface area contributed by atoms with Gasteiger partial charge in [-0.15, -0.1) is 0 Å². The van der Waals surface area contributed by atoms with Gasteiger partial charge in [-0.3, -0.25) is 9.10 Å². The lowest BCUT2D eigenvalue weighted by atomic mass is 10.1. The first kappa shape index (κ1) is 20.1. The van der Waals surface area contributed by atoms with Gasteiger partial charge < -0.3 is 5.32 Å². The normalized spacial score (nSPS) is 10.8. The van der Waals surface area contributed by atoms with Gasteiger partial charge in [-0.1, -0.05) is 17.7 Å². The predicted octanol–water partition coefficient (Wildman–Crippen LogP) is 3.94. The lowest BCUT2D eigenvalue weighted by molar-refractivity contribution is 0.102. The minimum atomic E-state index is -3.69. The summed E-state index contributed by atoms with van der Waals surface area (Å²) in [7, 11) is -2.22. The molecule has 7 heteroatoms. The number of nitrogens with one attached hydrogen (secondary N) is 1. The van der Waals surface area contributed by atoms with E-state index >= 15 is 0 Å². The van der Waals surface area contributed by atoms with Crippen molar-refractivity contribution in [1.29, 1.82) is 5.26 Å². The van der Waals surface area contributed by atoms with Crippen LogP contribution in [0.15, 0.2) is 77.7 Å². The largest absolute Gasteiger partial charge is 0.322 e. The molecule has 29 heavy (non-hydrogen) atoms. The molecule has 1 N–H and O–H groups in total. The Hall–Kier alpha value is -3.63. The summed E-state index contributed by atoms with van der Waals surface area (Å²) < 4.78 is 26.7. The van der Waals surface area contributed by atoms with Crippen LogP contribution in [0.4, 0.5) is 11.4 Å². The van der Waals surface area contributed by atoms with Crippen molar-refractivity contribution in [2.45, 2.75) is 11.8 Å². The molecule has 0 bridgehead atoms. The number of nitriles is 1. The van der Waals surface area contributed by atoms with Crippen molar-refractivity contribution in [3.63, 3.8) is 0 Å². The number of hydrogen-bond acceptors (Lipinski definition) is 4. The van der Waals surface area contributed by atoms with Crippen LogP contribution in [0.5, 0.6) is 0 Å². The second-order valence-corrected chi connectivity index (χ2v) is 8.44. The molecule has 0 fully saturated rings. The van der Waals surface area contributed by atoms with Gasteiger partial charge in [-0.05, 0) is 67.6 Å². The van der Waals surface area contributed by atoms with E-state index in [1.54, 1.807) is 72.8 Å². The number of amides is 1. The predicted molar refractivity (Wildman–Crippen MR) is 112 cm³/mol. The van der Waals surface area contributed by atoms with Gasteiger partial charge >= 0.3 is 0 Å². The molecule has 0 spiro atoms. The molecule has 0 saturated carbocycles. The second kappa shape index (κ2) is 8.17. The average Bonchev–Trinajstić information content (AvgIpc) is 2.74. The molecule has 0 atom stereocenters. The van der Waals surface area contributed by atoms with Gasteiger partial charge in [0.2, 0.25) is 0 Å². The van der Waals surface area contributed by atoms with E-state index in [4.69, 9.17) is 5.26 Å². The number of sulfonamides is 1. The highest BCUT2D eigenvalue weighted by Gasteiger charge is 2.21. The monoisotopic (exact) mass is 405 g/mol. The fraction of sp³-hybridized carbons (Fsp3) is 0.0909. The Bertz CT molecular complexity index is 1160. The van der Waals surface area contributed by atoms with Gasteiger partial charge in [0.1, 0.15) is 0 Å². The molecule has 0 aliphatic heterocycles. The van der Waals surface area contributed by atoms with Crippen molar-refractivity contribution in [2.75, 3.05) is 16.7 Å². The van der Waals surface area contributed by atoms with Crippen molar-refractivity contribution in [2.24, 2.45) is 0 Å². The number of aryl methyl sites for hydroxylation is 1. The number of anilines is 2. The molecule has 0 unspecified atom stereocenters. The fourth-order valence-corrected chi connectivity index (χ4v) is 3.86. The van der Waals surface area contributed by atoms with Crippen LogP contribution in [0, 0.1) is 18.3 Å².